The number of nitrogens with one attached hydrogen (secondary N) is 1. The molecule has 1 saturated carbocycles. The van der Waals surface area contributed by atoms with Crippen molar-refractivity contribution < 1.29 is 28.2 Å². The number of fused-ring (bicyclic) bond motifs is 1. The molecule has 1 aromatic carbocycles. The average molecular weight is 477 g/mol. The maximum atomic E-state index is 12.9. The molecular weight excluding hydrogens is 451 g/mol. The summed E-state index contributed by atoms with van der Waals surface area (Å²) < 4.78 is 40.7. The first-order valence-electron chi connectivity index (χ1n) is 11.0. The number of benzene rings is 1. The topological polar surface area (TPSA) is 113 Å². The highest BCUT2D eigenvalue weighted by atomic mass is 19.4. The predicted octanol–water partition coefficient (Wildman–Crippen LogP) is 4.05. The van der Waals surface area contributed by atoms with E-state index in [-0.39, 0.29) is 18.3 Å². The van der Waals surface area contributed by atoms with Crippen LogP contribution in [0.25, 0.3) is 10.9 Å². The monoisotopic (exact) mass is 477 g/mol. The van der Waals surface area contributed by atoms with Crippen LogP contribution >= 0.6 is 0 Å². The number of hydrogen-bond donors (Lipinski definition) is 3. The Kier molecular flexibility index (Phi) is 6.34. The van der Waals surface area contributed by atoms with E-state index >= 15 is 0 Å². The fourth-order valence-electron chi connectivity index (χ4n) is 4.29. The van der Waals surface area contributed by atoms with Crippen LogP contribution in [0, 0.1) is 5.92 Å². The minimum Gasteiger partial charge on any atom is -0.396 e. The molecule has 1 aliphatic rings. The van der Waals surface area contributed by atoms with E-state index in [4.69, 9.17) is 0 Å². The maximum absolute atomic E-state index is 12.9. The zero-order valence-corrected chi connectivity index (χ0v) is 18.8. The van der Waals surface area contributed by atoms with Gasteiger partial charge in [0.25, 0.3) is 5.91 Å². The molecule has 0 unspecified atom stereocenters. The van der Waals surface area contributed by atoms with E-state index in [1.807, 2.05) is 10.9 Å². The van der Waals surface area contributed by atoms with Gasteiger partial charge in [-0.1, -0.05) is 0 Å². The Hall–Kier alpha value is -3.05. The van der Waals surface area contributed by atoms with Crippen molar-refractivity contribution in [2.45, 2.75) is 57.3 Å². The maximum Gasteiger partial charge on any atom is 0.451 e. The molecule has 0 aliphatic heterocycles. The van der Waals surface area contributed by atoms with Gasteiger partial charge in [-0.15, -0.1) is 0 Å². The van der Waals surface area contributed by atoms with Gasteiger partial charge in [-0.2, -0.15) is 18.3 Å². The molecule has 1 fully saturated rings. The minimum absolute atomic E-state index is 0.181. The molecule has 0 saturated heterocycles. The quantitative estimate of drug-likeness (QED) is 0.511. The smallest absolute Gasteiger partial charge is 0.396 e. The van der Waals surface area contributed by atoms with E-state index < -0.39 is 29.2 Å². The number of hydrogen-bond acceptors (Lipinski definition) is 6. The van der Waals surface area contributed by atoms with E-state index in [9.17, 15) is 28.2 Å². The van der Waals surface area contributed by atoms with Gasteiger partial charge in [-0.05, 0) is 63.6 Å². The summed E-state index contributed by atoms with van der Waals surface area (Å²) in [5.74, 6) is -1.95. The molecule has 8 nitrogen and oxygen atoms in total. The van der Waals surface area contributed by atoms with Crippen molar-refractivity contribution in [1.29, 1.82) is 0 Å². The average Bonchev–Trinajstić information content (AvgIpc) is 3.20. The van der Waals surface area contributed by atoms with Crippen molar-refractivity contribution in [3.63, 3.8) is 0 Å². The molecule has 11 heteroatoms. The Balaban J connectivity index is 1.66. The first kappa shape index (κ1) is 24.1. The summed E-state index contributed by atoms with van der Waals surface area (Å²) in [5.41, 5.74) is -0.558. The number of aliphatic hydroxyl groups excluding tert-OH is 1. The van der Waals surface area contributed by atoms with Gasteiger partial charge in [-0.3, -0.25) is 9.48 Å². The van der Waals surface area contributed by atoms with Gasteiger partial charge >= 0.3 is 6.18 Å². The van der Waals surface area contributed by atoms with Crippen LogP contribution in [-0.4, -0.2) is 42.5 Å². The lowest BCUT2D eigenvalue weighted by Crippen LogP contribution is -2.22. The van der Waals surface area contributed by atoms with Crippen LogP contribution in [0.5, 0.6) is 0 Å². The Morgan fingerprint density at radius 2 is 1.91 bits per heavy atom. The summed E-state index contributed by atoms with van der Waals surface area (Å²) in [7, 11) is 0. The molecular formula is C23H26F3N5O3. The molecule has 0 atom stereocenters. The van der Waals surface area contributed by atoms with E-state index in [1.165, 1.54) is 0 Å². The molecule has 0 radical (unpaired) electrons. The summed E-state index contributed by atoms with van der Waals surface area (Å²) in [6.45, 7) is 3.27. The van der Waals surface area contributed by atoms with Crippen LogP contribution in [0.15, 0.2) is 30.6 Å². The molecule has 4 rings (SSSR count). The van der Waals surface area contributed by atoms with Gasteiger partial charge < -0.3 is 15.5 Å². The molecule has 34 heavy (non-hydrogen) atoms. The van der Waals surface area contributed by atoms with Crippen LogP contribution in [0.1, 0.15) is 67.4 Å². The molecule has 3 N–H and O–H groups in total. The molecule has 3 aromatic rings. The summed E-state index contributed by atoms with van der Waals surface area (Å²) in [5, 5.41) is 28.0. The highest BCUT2D eigenvalue weighted by molar-refractivity contribution is 6.04. The lowest BCUT2D eigenvalue weighted by molar-refractivity contribution is -0.145. The Bertz CT molecular complexity index is 1190. The number of carbonyl (C=O) groups is 1. The molecule has 182 valence electrons. The van der Waals surface area contributed by atoms with Crippen LogP contribution in [-0.2, 0) is 11.8 Å². The lowest BCUT2D eigenvalue weighted by Gasteiger charge is -2.27. The van der Waals surface area contributed by atoms with E-state index in [0.29, 0.717) is 22.4 Å². The third-order valence-corrected chi connectivity index (χ3v) is 6.16. The number of alkyl halides is 3. The lowest BCUT2D eigenvalue weighted by atomic mass is 9.87. The molecule has 1 aliphatic carbocycles. The first-order chi connectivity index (χ1) is 16.0. The molecule has 0 spiro atoms. The van der Waals surface area contributed by atoms with Crippen LogP contribution in [0.4, 0.5) is 18.9 Å². The SMILES string of the molecule is CC(C)(O)c1cc2nn(C3CCC(CO)CC3)cc2cc1NC(=O)c1ccnc(C(F)(F)F)n1. The molecule has 1 amide bonds. The number of aromatic nitrogens is 4. The highest BCUT2D eigenvalue weighted by Gasteiger charge is 2.35. The molecule has 2 aromatic heterocycles. The van der Waals surface area contributed by atoms with Crippen molar-refractivity contribution >= 4 is 22.5 Å². The van der Waals surface area contributed by atoms with Crippen molar-refractivity contribution in [2.75, 3.05) is 11.9 Å². The van der Waals surface area contributed by atoms with Crippen molar-refractivity contribution in [3.05, 3.63) is 47.7 Å². The number of halogens is 3. The number of rotatable bonds is 5. The van der Waals surface area contributed by atoms with Gasteiger partial charge in [0, 0.05) is 35.6 Å². The second-order valence-corrected chi connectivity index (χ2v) is 9.20. The zero-order valence-electron chi connectivity index (χ0n) is 18.8. The van der Waals surface area contributed by atoms with E-state index in [0.717, 1.165) is 37.9 Å². The van der Waals surface area contributed by atoms with Crippen molar-refractivity contribution in [2.24, 2.45) is 5.92 Å². The standard InChI is InChI=1S/C23H26F3N5O3/c1-22(2,34)16-10-18-14(11-31(30-18)15-5-3-13(12-32)4-6-15)9-19(16)28-20(33)17-7-8-27-21(29-17)23(24,25)26/h7-11,13,15,32,34H,3-6,12H2,1-2H3,(H,28,33). The fraction of sp³-hybridized carbons (Fsp3) is 0.478. The largest absolute Gasteiger partial charge is 0.451 e. The number of carbonyl (C=O) groups excluding carboxylic acids is 1. The number of amides is 1. The van der Waals surface area contributed by atoms with Gasteiger partial charge in [0.15, 0.2) is 0 Å². The zero-order chi connectivity index (χ0) is 24.7. The number of nitrogens with zero attached hydrogens (tertiary/aromatic N) is 4. The van der Waals surface area contributed by atoms with Gasteiger partial charge in [0.1, 0.15) is 5.69 Å². The van der Waals surface area contributed by atoms with Crippen molar-refractivity contribution in [1.82, 2.24) is 19.7 Å². The highest BCUT2D eigenvalue weighted by Crippen LogP contribution is 2.35. The summed E-state index contributed by atoms with van der Waals surface area (Å²) in [6.07, 6.45) is 1.54. The van der Waals surface area contributed by atoms with Gasteiger partial charge in [0.2, 0.25) is 5.82 Å². The molecule has 2 heterocycles. The van der Waals surface area contributed by atoms with Gasteiger partial charge in [0.05, 0.1) is 17.2 Å². The van der Waals surface area contributed by atoms with Crippen molar-refractivity contribution in [3.8, 4) is 0 Å². The Morgan fingerprint density at radius 3 is 2.53 bits per heavy atom. The number of aliphatic hydroxyl groups is 2. The summed E-state index contributed by atoms with van der Waals surface area (Å²) in [6, 6.07) is 4.59. The third-order valence-electron chi connectivity index (χ3n) is 6.16. The Labute approximate surface area is 193 Å². The first-order valence-corrected chi connectivity index (χ1v) is 11.0. The van der Waals surface area contributed by atoms with E-state index in [2.05, 4.69) is 20.4 Å². The van der Waals surface area contributed by atoms with Crippen LogP contribution in [0.3, 0.4) is 0 Å². The summed E-state index contributed by atoms with van der Waals surface area (Å²) in [4.78, 5) is 19.2. The molecule has 0 bridgehead atoms. The Morgan fingerprint density at radius 1 is 1.21 bits per heavy atom. The predicted molar refractivity (Wildman–Crippen MR) is 118 cm³/mol. The van der Waals surface area contributed by atoms with Crippen LogP contribution in [0.2, 0.25) is 0 Å². The second-order valence-electron chi connectivity index (χ2n) is 9.20. The normalized spacial score (nSPS) is 19.4. The van der Waals surface area contributed by atoms with Crippen LogP contribution < -0.4 is 5.32 Å². The summed E-state index contributed by atoms with van der Waals surface area (Å²) >= 11 is 0. The van der Waals surface area contributed by atoms with E-state index in [1.54, 1.807) is 26.0 Å². The van der Waals surface area contributed by atoms with Gasteiger partial charge in [-0.25, -0.2) is 9.97 Å². The minimum atomic E-state index is -4.78. The third kappa shape index (κ3) is 5.05. The fourth-order valence-corrected chi connectivity index (χ4v) is 4.29. The second kappa shape index (κ2) is 8.95. The number of anilines is 1.